The maximum atomic E-state index is 12.5. The maximum Gasteiger partial charge on any atom is 0.251 e. The van der Waals surface area contributed by atoms with E-state index in [9.17, 15) is 9.90 Å². The predicted molar refractivity (Wildman–Crippen MR) is 105 cm³/mol. The summed E-state index contributed by atoms with van der Waals surface area (Å²) in [4.78, 5) is 14.9. The Morgan fingerprint density at radius 2 is 2.00 bits per heavy atom. The van der Waals surface area contributed by atoms with Gasteiger partial charge in [-0.1, -0.05) is 36.4 Å². The fourth-order valence-corrected chi connectivity index (χ4v) is 3.46. The van der Waals surface area contributed by atoms with Crippen LogP contribution in [0.25, 0.3) is 11.1 Å². The Morgan fingerprint density at radius 3 is 2.77 bits per heavy atom. The number of aliphatic hydroxyl groups is 1. The summed E-state index contributed by atoms with van der Waals surface area (Å²) in [5, 5.41) is 12.4. The van der Waals surface area contributed by atoms with E-state index in [0.29, 0.717) is 18.0 Å². The third-order valence-corrected chi connectivity index (χ3v) is 4.88. The average molecular weight is 350 g/mol. The SMILES string of the molecule is C=CCN1CC[C@H](CNC(=O)c2cccc(-c3cccc(CO)c3)c2)C1. The van der Waals surface area contributed by atoms with Gasteiger partial charge in [-0.3, -0.25) is 9.69 Å². The van der Waals surface area contributed by atoms with Crippen molar-refractivity contribution in [1.82, 2.24) is 10.2 Å². The molecule has 0 saturated carbocycles. The van der Waals surface area contributed by atoms with Crippen LogP contribution in [0.5, 0.6) is 0 Å². The van der Waals surface area contributed by atoms with Gasteiger partial charge in [-0.25, -0.2) is 0 Å². The lowest BCUT2D eigenvalue weighted by atomic mass is 10.0. The number of rotatable bonds is 7. The van der Waals surface area contributed by atoms with E-state index in [4.69, 9.17) is 0 Å². The Kier molecular flexibility index (Phi) is 6.21. The summed E-state index contributed by atoms with van der Waals surface area (Å²) in [6.07, 6.45) is 3.04. The molecule has 26 heavy (non-hydrogen) atoms. The van der Waals surface area contributed by atoms with Crippen molar-refractivity contribution < 1.29 is 9.90 Å². The van der Waals surface area contributed by atoms with E-state index in [1.54, 1.807) is 0 Å². The smallest absolute Gasteiger partial charge is 0.251 e. The van der Waals surface area contributed by atoms with Gasteiger partial charge in [0.05, 0.1) is 6.61 Å². The van der Waals surface area contributed by atoms with Crippen LogP contribution in [-0.4, -0.2) is 42.1 Å². The number of hydrogen-bond acceptors (Lipinski definition) is 3. The third-order valence-electron chi connectivity index (χ3n) is 4.88. The Morgan fingerprint density at radius 1 is 1.23 bits per heavy atom. The van der Waals surface area contributed by atoms with Gasteiger partial charge in [0.15, 0.2) is 0 Å². The summed E-state index contributed by atoms with van der Waals surface area (Å²) in [6.45, 7) is 7.50. The zero-order valence-corrected chi connectivity index (χ0v) is 15.0. The van der Waals surface area contributed by atoms with Gasteiger partial charge >= 0.3 is 0 Å². The number of nitrogens with one attached hydrogen (secondary N) is 1. The zero-order chi connectivity index (χ0) is 18.4. The molecular weight excluding hydrogens is 324 g/mol. The van der Waals surface area contributed by atoms with Crippen molar-refractivity contribution in [2.75, 3.05) is 26.2 Å². The summed E-state index contributed by atoms with van der Waals surface area (Å²) in [5.74, 6) is 0.468. The quantitative estimate of drug-likeness (QED) is 0.755. The van der Waals surface area contributed by atoms with Gasteiger partial charge in [-0.15, -0.1) is 6.58 Å². The van der Waals surface area contributed by atoms with Crippen LogP contribution in [0.2, 0.25) is 0 Å². The van der Waals surface area contributed by atoms with E-state index in [1.165, 1.54) is 0 Å². The van der Waals surface area contributed by atoms with Crippen molar-refractivity contribution in [3.63, 3.8) is 0 Å². The monoisotopic (exact) mass is 350 g/mol. The number of carbonyl (C=O) groups excluding carboxylic acids is 1. The van der Waals surface area contributed by atoms with Gasteiger partial charge in [0.1, 0.15) is 0 Å². The predicted octanol–water partition coefficient (Wildman–Crippen LogP) is 3.08. The van der Waals surface area contributed by atoms with Crippen LogP contribution < -0.4 is 5.32 Å². The first kappa shape index (κ1) is 18.4. The minimum absolute atomic E-state index is 0.0122. The lowest BCUT2D eigenvalue weighted by Crippen LogP contribution is -2.31. The second-order valence-corrected chi connectivity index (χ2v) is 6.85. The summed E-state index contributed by atoms with van der Waals surface area (Å²) >= 11 is 0. The largest absolute Gasteiger partial charge is 0.392 e. The van der Waals surface area contributed by atoms with E-state index < -0.39 is 0 Å². The molecule has 136 valence electrons. The molecule has 0 unspecified atom stereocenters. The number of nitrogens with zero attached hydrogens (tertiary/aromatic N) is 1. The molecule has 1 saturated heterocycles. The topological polar surface area (TPSA) is 52.6 Å². The molecule has 4 nitrogen and oxygen atoms in total. The van der Waals surface area contributed by atoms with E-state index in [-0.39, 0.29) is 12.5 Å². The summed E-state index contributed by atoms with van der Waals surface area (Å²) in [6, 6.07) is 15.4. The van der Waals surface area contributed by atoms with E-state index in [2.05, 4.69) is 16.8 Å². The van der Waals surface area contributed by atoms with Crippen LogP contribution >= 0.6 is 0 Å². The maximum absolute atomic E-state index is 12.5. The molecule has 0 radical (unpaired) electrons. The molecule has 3 rings (SSSR count). The zero-order valence-electron chi connectivity index (χ0n) is 15.0. The molecule has 1 heterocycles. The molecule has 0 aromatic heterocycles. The van der Waals surface area contributed by atoms with Crippen LogP contribution in [0.15, 0.2) is 61.2 Å². The minimum atomic E-state index is -0.0349. The van der Waals surface area contributed by atoms with E-state index in [1.807, 2.05) is 54.6 Å². The average Bonchev–Trinajstić information content (AvgIpc) is 3.14. The fourth-order valence-electron chi connectivity index (χ4n) is 3.46. The van der Waals surface area contributed by atoms with Gasteiger partial charge < -0.3 is 10.4 Å². The van der Waals surface area contributed by atoms with Crippen LogP contribution in [0.3, 0.4) is 0 Å². The Bertz CT molecular complexity index is 772. The van der Waals surface area contributed by atoms with Crippen LogP contribution in [0, 0.1) is 5.92 Å². The molecule has 0 spiro atoms. The van der Waals surface area contributed by atoms with Crippen molar-refractivity contribution >= 4 is 5.91 Å². The van der Waals surface area contributed by atoms with Crippen LogP contribution in [0.4, 0.5) is 0 Å². The molecule has 0 aliphatic carbocycles. The minimum Gasteiger partial charge on any atom is -0.392 e. The van der Waals surface area contributed by atoms with Gasteiger partial charge in [0.2, 0.25) is 0 Å². The van der Waals surface area contributed by atoms with Crippen molar-refractivity contribution in [3.05, 3.63) is 72.3 Å². The Hall–Kier alpha value is -2.43. The van der Waals surface area contributed by atoms with Crippen molar-refractivity contribution in [2.24, 2.45) is 5.92 Å². The fraction of sp³-hybridized carbons (Fsp3) is 0.318. The molecule has 4 heteroatoms. The van der Waals surface area contributed by atoms with Crippen LogP contribution in [0.1, 0.15) is 22.3 Å². The summed E-state index contributed by atoms with van der Waals surface area (Å²) < 4.78 is 0. The lowest BCUT2D eigenvalue weighted by molar-refractivity contribution is 0.0947. The molecule has 1 fully saturated rings. The molecule has 1 amide bonds. The highest BCUT2D eigenvalue weighted by atomic mass is 16.3. The van der Waals surface area contributed by atoms with Crippen molar-refractivity contribution in [1.29, 1.82) is 0 Å². The summed E-state index contributed by atoms with van der Waals surface area (Å²) in [5.41, 5.74) is 3.51. The second-order valence-electron chi connectivity index (χ2n) is 6.85. The molecule has 0 bridgehead atoms. The first-order chi connectivity index (χ1) is 12.7. The van der Waals surface area contributed by atoms with E-state index >= 15 is 0 Å². The number of aliphatic hydroxyl groups excluding tert-OH is 1. The first-order valence-corrected chi connectivity index (χ1v) is 9.11. The number of amides is 1. The van der Waals surface area contributed by atoms with Crippen LogP contribution in [-0.2, 0) is 6.61 Å². The van der Waals surface area contributed by atoms with Gasteiger partial charge in [0, 0.05) is 25.2 Å². The molecule has 2 aromatic rings. The summed E-state index contributed by atoms with van der Waals surface area (Å²) in [7, 11) is 0. The molecular formula is C22H26N2O2. The highest BCUT2D eigenvalue weighted by Gasteiger charge is 2.22. The highest BCUT2D eigenvalue weighted by Crippen LogP contribution is 2.22. The normalized spacial score (nSPS) is 17.2. The number of carbonyl (C=O) groups is 1. The van der Waals surface area contributed by atoms with Crippen molar-refractivity contribution in [2.45, 2.75) is 13.0 Å². The Balaban J connectivity index is 1.62. The second kappa shape index (κ2) is 8.79. The molecule has 1 aliphatic rings. The molecule has 1 aliphatic heterocycles. The molecule has 1 atom stereocenters. The standard InChI is InChI=1S/C22H26N2O2/c1-2-10-24-11-9-18(15-24)14-23-22(26)21-8-4-7-20(13-21)19-6-3-5-17(12-19)16-25/h2-8,12-13,18,25H,1,9-11,14-16H2,(H,23,26)/t18-/m1/s1. The van der Waals surface area contributed by atoms with Crippen molar-refractivity contribution in [3.8, 4) is 11.1 Å². The van der Waals surface area contributed by atoms with Gasteiger partial charge in [-0.05, 0) is 53.8 Å². The highest BCUT2D eigenvalue weighted by molar-refractivity contribution is 5.95. The van der Waals surface area contributed by atoms with E-state index in [0.717, 1.165) is 42.7 Å². The first-order valence-electron chi connectivity index (χ1n) is 9.11. The number of hydrogen-bond donors (Lipinski definition) is 2. The van der Waals surface area contributed by atoms with Gasteiger partial charge in [0.25, 0.3) is 5.91 Å². The molecule has 2 aromatic carbocycles. The van der Waals surface area contributed by atoms with Gasteiger partial charge in [-0.2, -0.15) is 0 Å². The third kappa shape index (κ3) is 4.59. The Labute approximate surface area is 155 Å². The number of benzene rings is 2. The number of likely N-dealkylation sites (tertiary alicyclic amines) is 1. The lowest BCUT2D eigenvalue weighted by Gasteiger charge is -2.14. The molecule has 2 N–H and O–H groups in total.